The minimum absolute atomic E-state index is 0.285. The summed E-state index contributed by atoms with van der Waals surface area (Å²) in [5.41, 5.74) is 0.285. The number of unbranched alkanes of at least 4 members (excludes halogenated alkanes) is 7. The van der Waals surface area contributed by atoms with Crippen LogP contribution in [-0.2, 0) is 6.54 Å². The predicted molar refractivity (Wildman–Crippen MR) is 79.0 cm³/mol. The number of carboxylic acid groups (broad SMARTS) is 1. The molecule has 1 rings (SSSR count). The zero-order chi connectivity index (χ0) is 14.1. The lowest BCUT2D eigenvalue weighted by atomic mass is 10.1. The first-order valence-electron chi connectivity index (χ1n) is 7.24. The van der Waals surface area contributed by atoms with Crippen LogP contribution in [0.25, 0.3) is 0 Å². The summed E-state index contributed by atoms with van der Waals surface area (Å²) >= 11 is 5.84. The number of aromatic nitrogens is 1. The fourth-order valence-electron chi connectivity index (χ4n) is 2.25. The maximum Gasteiger partial charge on any atom is 0.352 e. The highest BCUT2D eigenvalue weighted by molar-refractivity contribution is 6.30. The van der Waals surface area contributed by atoms with E-state index in [4.69, 9.17) is 16.7 Å². The number of halogens is 1. The zero-order valence-corrected chi connectivity index (χ0v) is 12.5. The fraction of sp³-hybridized carbons (Fsp3) is 0.667. The molecule has 0 unspecified atom stereocenters. The summed E-state index contributed by atoms with van der Waals surface area (Å²) in [7, 11) is 0. The molecule has 19 heavy (non-hydrogen) atoms. The molecule has 0 aliphatic heterocycles. The first kappa shape index (κ1) is 16.1. The van der Waals surface area contributed by atoms with Crippen LogP contribution in [0, 0.1) is 0 Å². The van der Waals surface area contributed by atoms with Crippen LogP contribution < -0.4 is 0 Å². The molecule has 4 heteroatoms. The third kappa shape index (κ3) is 6.15. The lowest BCUT2D eigenvalue weighted by Crippen LogP contribution is -2.07. The molecule has 1 aromatic rings. The Labute approximate surface area is 120 Å². The minimum Gasteiger partial charge on any atom is -0.477 e. The van der Waals surface area contributed by atoms with E-state index in [0.29, 0.717) is 5.02 Å². The van der Waals surface area contributed by atoms with Crippen LogP contribution in [0.4, 0.5) is 0 Å². The lowest BCUT2D eigenvalue weighted by molar-refractivity contribution is 0.0685. The third-order valence-corrected chi connectivity index (χ3v) is 3.54. The average Bonchev–Trinajstić information content (AvgIpc) is 2.74. The Bertz CT molecular complexity index is 387. The van der Waals surface area contributed by atoms with E-state index in [2.05, 4.69) is 6.92 Å². The van der Waals surface area contributed by atoms with Crippen molar-refractivity contribution in [2.24, 2.45) is 0 Å². The monoisotopic (exact) mass is 285 g/mol. The van der Waals surface area contributed by atoms with E-state index in [1.54, 1.807) is 10.8 Å². The van der Waals surface area contributed by atoms with Gasteiger partial charge in [-0.2, -0.15) is 0 Å². The Kier molecular flexibility index (Phi) is 7.65. The molecule has 0 spiro atoms. The molecule has 108 valence electrons. The van der Waals surface area contributed by atoms with E-state index in [0.717, 1.165) is 19.4 Å². The van der Waals surface area contributed by atoms with Crippen molar-refractivity contribution < 1.29 is 9.90 Å². The molecule has 0 saturated heterocycles. The Morgan fingerprint density at radius 1 is 1.16 bits per heavy atom. The Hall–Kier alpha value is -0.960. The van der Waals surface area contributed by atoms with E-state index < -0.39 is 5.97 Å². The van der Waals surface area contributed by atoms with Crippen LogP contribution in [0.1, 0.15) is 68.8 Å². The summed E-state index contributed by atoms with van der Waals surface area (Å²) in [6, 6.07) is 1.51. The van der Waals surface area contributed by atoms with Gasteiger partial charge < -0.3 is 9.67 Å². The normalized spacial score (nSPS) is 10.8. The maximum atomic E-state index is 11.0. The second-order valence-electron chi connectivity index (χ2n) is 5.02. The summed E-state index contributed by atoms with van der Waals surface area (Å²) in [5.74, 6) is -0.911. The molecule has 1 heterocycles. The molecular weight excluding hydrogens is 262 g/mol. The van der Waals surface area contributed by atoms with Crippen molar-refractivity contribution in [1.82, 2.24) is 4.57 Å². The fourth-order valence-corrected chi connectivity index (χ4v) is 2.48. The van der Waals surface area contributed by atoms with Crippen molar-refractivity contribution in [2.75, 3.05) is 0 Å². The summed E-state index contributed by atoms with van der Waals surface area (Å²) < 4.78 is 1.74. The topological polar surface area (TPSA) is 42.2 Å². The first-order valence-corrected chi connectivity index (χ1v) is 7.62. The van der Waals surface area contributed by atoms with Crippen LogP contribution in [0.2, 0.25) is 5.02 Å². The Morgan fingerprint density at radius 2 is 1.74 bits per heavy atom. The molecule has 0 fully saturated rings. The average molecular weight is 286 g/mol. The van der Waals surface area contributed by atoms with Crippen molar-refractivity contribution in [3.05, 3.63) is 23.0 Å². The van der Waals surface area contributed by atoms with Crippen molar-refractivity contribution in [3.8, 4) is 0 Å². The van der Waals surface area contributed by atoms with E-state index in [1.165, 1.54) is 44.6 Å². The van der Waals surface area contributed by atoms with Crippen LogP contribution in [-0.4, -0.2) is 15.6 Å². The van der Waals surface area contributed by atoms with Crippen molar-refractivity contribution in [2.45, 2.75) is 64.8 Å². The quantitative estimate of drug-likeness (QED) is 0.616. The second kappa shape index (κ2) is 9.03. The van der Waals surface area contributed by atoms with Gasteiger partial charge in [-0.05, 0) is 12.5 Å². The summed E-state index contributed by atoms with van der Waals surface area (Å²) in [6.45, 7) is 2.96. The number of hydrogen-bond acceptors (Lipinski definition) is 1. The molecule has 1 aromatic heterocycles. The molecule has 3 nitrogen and oxygen atoms in total. The van der Waals surface area contributed by atoms with Crippen LogP contribution in [0.5, 0.6) is 0 Å². The van der Waals surface area contributed by atoms with Crippen LogP contribution in [0.15, 0.2) is 12.3 Å². The van der Waals surface area contributed by atoms with Gasteiger partial charge in [-0.3, -0.25) is 0 Å². The summed E-state index contributed by atoms with van der Waals surface area (Å²) in [6.07, 6.45) is 11.7. The van der Waals surface area contributed by atoms with Gasteiger partial charge >= 0.3 is 5.97 Å². The summed E-state index contributed by atoms with van der Waals surface area (Å²) in [5, 5.41) is 9.52. The first-order chi connectivity index (χ1) is 9.15. The molecule has 1 N–H and O–H groups in total. The molecule has 0 saturated carbocycles. The van der Waals surface area contributed by atoms with Gasteiger partial charge in [0.1, 0.15) is 5.69 Å². The van der Waals surface area contributed by atoms with Crippen LogP contribution in [0.3, 0.4) is 0 Å². The molecule has 0 bridgehead atoms. The van der Waals surface area contributed by atoms with Gasteiger partial charge in [-0.1, -0.05) is 63.5 Å². The number of rotatable bonds is 10. The van der Waals surface area contributed by atoms with Gasteiger partial charge in [-0.25, -0.2) is 4.79 Å². The van der Waals surface area contributed by atoms with Gasteiger partial charge in [0.05, 0.1) is 5.02 Å². The number of carbonyl (C=O) groups is 1. The standard InChI is InChI=1S/C15H24ClNO2/c1-2-3-4-5-6-7-8-9-10-17-12-13(16)11-14(17)15(18)19/h11-12H,2-10H2,1H3,(H,18,19). The third-order valence-electron chi connectivity index (χ3n) is 3.33. The van der Waals surface area contributed by atoms with Crippen molar-refractivity contribution in [3.63, 3.8) is 0 Å². The van der Waals surface area contributed by atoms with E-state index in [9.17, 15) is 4.79 Å². The molecule has 0 amide bonds. The number of nitrogens with zero attached hydrogens (tertiary/aromatic N) is 1. The van der Waals surface area contributed by atoms with Crippen LogP contribution >= 0.6 is 11.6 Å². The number of carboxylic acids is 1. The highest BCUT2D eigenvalue weighted by Crippen LogP contribution is 2.16. The zero-order valence-electron chi connectivity index (χ0n) is 11.7. The molecule has 0 atom stereocenters. The van der Waals surface area contributed by atoms with Crippen molar-refractivity contribution >= 4 is 17.6 Å². The maximum absolute atomic E-state index is 11.0. The minimum atomic E-state index is -0.911. The highest BCUT2D eigenvalue weighted by Gasteiger charge is 2.10. The van der Waals surface area contributed by atoms with E-state index in [1.807, 2.05) is 0 Å². The Balaban J connectivity index is 2.17. The SMILES string of the molecule is CCCCCCCCCCn1cc(Cl)cc1C(=O)O. The lowest BCUT2D eigenvalue weighted by Gasteiger charge is -2.06. The molecule has 0 radical (unpaired) electrons. The second-order valence-corrected chi connectivity index (χ2v) is 5.45. The van der Waals surface area contributed by atoms with Gasteiger partial charge in [0.25, 0.3) is 0 Å². The van der Waals surface area contributed by atoms with Gasteiger partial charge in [0, 0.05) is 12.7 Å². The number of aryl methyl sites for hydroxylation is 1. The smallest absolute Gasteiger partial charge is 0.352 e. The Morgan fingerprint density at radius 3 is 2.32 bits per heavy atom. The number of hydrogen-bond donors (Lipinski definition) is 1. The van der Waals surface area contributed by atoms with E-state index in [-0.39, 0.29) is 5.69 Å². The number of aromatic carboxylic acids is 1. The van der Waals surface area contributed by atoms with Gasteiger partial charge in [-0.15, -0.1) is 0 Å². The largest absolute Gasteiger partial charge is 0.477 e. The molecule has 0 aliphatic carbocycles. The molecular formula is C15H24ClNO2. The predicted octanol–water partition coefficient (Wildman–Crippen LogP) is 4.98. The van der Waals surface area contributed by atoms with Gasteiger partial charge in [0.15, 0.2) is 0 Å². The van der Waals surface area contributed by atoms with Gasteiger partial charge in [0.2, 0.25) is 0 Å². The van der Waals surface area contributed by atoms with E-state index >= 15 is 0 Å². The highest BCUT2D eigenvalue weighted by atomic mass is 35.5. The van der Waals surface area contributed by atoms with Crippen molar-refractivity contribution in [1.29, 1.82) is 0 Å². The molecule has 0 aliphatic rings. The summed E-state index contributed by atoms with van der Waals surface area (Å²) in [4.78, 5) is 11.0. The molecule has 0 aromatic carbocycles.